The molecule has 7 nitrogen and oxygen atoms in total. The number of amides is 3. The molecule has 28 heavy (non-hydrogen) atoms. The number of aromatic nitrogens is 1. The van der Waals surface area contributed by atoms with E-state index < -0.39 is 6.04 Å². The largest absolute Gasteiger partial charge is 0.368 e. The first kappa shape index (κ1) is 19.7. The topological polar surface area (TPSA) is 77.6 Å². The first-order chi connectivity index (χ1) is 13.5. The molecule has 1 fully saturated rings. The van der Waals surface area contributed by atoms with Gasteiger partial charge in [0.1, 0.15) is 6.04 Å². The molecule has 2 aromatic rings. The van der Waals surface area contributed by atoms with Crippen molar-refractivity contribution < 1.29 is 9.59 Å². The Bertz CT molecular complexity index is 774. The SMILES string of the molecule is CC(C)C(NC(=O)Nc1ccccc1)C(=O)N1CCN(c2ccncc2)CC1. The molecule has 3 amide bonds. The van der Waals surface area contributed by atoms with Gasteiger partial charge in [-0.15, -0.1) is 0 Å². The zero-order valence-electron chi connectivity index (χ0n) is 16.3. The van der Waals surface area contributed by atoms with Gasteiger partial charge < -0.3 is 20.4 Å². The summed E-state index contributed by atoms with van der Waals surface area (Å²) in [6.07, 6.45) is 3.55. The van der Waals surface area contributed by atoms with Crippen molar-refractivity contribution in [1.82, 2.24) is 15.2 Å². The second-order valence-corrected chi connectivity index (χ2v) is 7.20. The molecule has 1 aliphatic rings. The minimum absolute atomic E-state index is 0.00718. The third-order valence-electron chi connectivity index (χ3n) is 4.87. The lowest BCUT2D eigenvalue weighted by atomic mass is 10.0. The monoisotopic (exact) mass is 381 g/mol. The van der Waals surface area contributed by atoms with Crippen LogP contribution in [-0.2, 0) is 4.79 Å². The smallest absolute Gasteiger partial charge is 0.319 e. The number of rotatable bonds is 5. The summed E-state index contributed by atoms with van der Waals surface area (Å²) in [4.78, 5) is 33.5. The highest BCUT2D eigenvalue weighted by atomic mass is 16.2. The molecule has 0 radical (unpaired) electrons. The number of nitrogens with zero attached hydrogens (tertiary/aromatic N) is 3. The number of carbonyl (C=O) groups is 2. The fraction of sp³-hybridized carbons (Fsp3) is 0.381. The molecule has 7 heteroatoms. The standard InChI is InChI=1S/C21H27N5O2/c1-16(2)19(24-21(28)23-17-6-4-3-5-7-17)20(27)26-14-12-25(13-15-26)18-8-10-22-11-9-18/h3-11,16,19H,12-15H2,1-2H3,(H2,23,24,28). The highest BCUT2D eigenvalue weighted by Crippen LogP contribution is 2.16. The minimum Gasteiger partial charge on any atom is -0.368 e. The summed E-state index contributed by atoms with van der Waals surface area (Å²) >= 11 is 0. The number of carbonyl (C=O) groups excluding carboxylic acids is 2. The summed E-state index contributed by atoms with van der Waals surface area (Å²) in [5, 5.41) is 5.62. The Balaban J connectivity index is 1.57. The van der Waals surface area contributed by atoms with Crippen LogP contribution >= 0.6 is 0 Å². The van der Waals surface area contributed by atoms with Gasteiger partial charge in [0.25, 0.3) is 0 Å². The Labute approximate surface area is 165 Å². The van der Waals surface area contributed by atoms with Crippen molar-refractivity contribution in [1.29, 1.82) is 0 Å². The van der Waals surface area contributed by atoms with Crippen LogP contribution < -0.4 is 15.5 Å². The maximum atomic E-state index is 13.0. The van der Waals surface area contributed by atoms with Gasteiger partial charge >= 0.3 is 6.03 Å². The van der Waals surface area contributed by atoms with Crippen LogP contribution in [0.15, 0.2) is 54.9 Å². The number of nitrogens with one attached hydrogen (secondary N) is 2. The van der Waals surface area contributed by atoms with Crippen LogP contribution in [0.1, 0.15) is 13.8 Å². The number of pyridine rings is 1. The van der Waals surface area contributed by atoms with Crippen LogP contribution in [-0.4, -0.2) is 54.0 Å². The molecule has 3 rings (SSSR count). The third-order valence-corrected chi connectivity index (χ3v) is 4.87. The van der Waals surface area contributed by atoms with Gasteiger partial charge in [-0.05, 0) is 30.2 Å². The van der Waals surface area contributed by atoms with E-state index in [-0.39, 0.29) is 17.9 Å². The highest BCUT2D eigenvalue weighted by molar-refractivity contribution is 5.93. The number of hydrogen-bond donors (Lipinski definition) is 2. The highest BCUT2D eigenvalue weighted by Gasteiger charge is 2.30. The molecule has 0 bridgehead atoms. The van der Waals surface area contributed by atoms with Crippen LogP contribution in [0.25, 0.3) is 0 Å². The Morgan fingerprint density at radius 2 is 1.61 bits per heavy atom. The predicted octanol–water partition coefficient (Wildman–Crippen LogP) is 2.58. The van der Waals surface area contributed by atoms with Crippen molar-refractivity contribution in [2.45, 2.75) is 19.9 Å². The van der Waals surface area contributed by atoms with Crippen LogP contribution in [0, 0.1) is 5.92 Å². The maximum Gasteiger partial charge on any atom is 0.319 e. The van der Waals surface area contributed by atoms with Crippen molar-refractivity contribution in [3.63, 3.8) is 0 Å². The van der Waals surface area contributed by atoms with E-state index in [2.05, 4.69) is 20.5 Å². The quantitative estimate of drug-likeness (QED) is 0.835. The Morgan fingerprint density at radius 1 is 0.964 bits per heavy atom. The summed E-state index contributed by atoms with van der Waals surface area (Å²) in [7, 11) is 0. The number of benzene rings is 1. The van der Waals surface area contributed by atoms with Gasteiger partial charge in [-0.3, -0.25) is 9.78 Å². The molecule has 0 spiro atoms. The molecule has 1 unspecified atom stereocenters. The van der Waals surface area contributed by atoms with E-state index in [0.29, 0.717) is 18.8 Å². The van der Waals surface area contributed by atoms with Crippen molar-refractivity contribution in [2.24, 2.45) is 5.92 Å². The molecule has 1 aromatic carbocycles. The van der Waals surface area contributed by atoms with E-state index in [1.807, 2.05) is 61.2 Å². The van der Waals surface area contributed by atoms with Crippen molar-refractivity contribution >= 4 is 23.3 Å². The fourth-order valence-electron chi connectivity index (χ4n) is 3.28. The zero-order valence-corrected chi connectivity index (χ0v) is 16.3. The lowest BCUT2D eigenvalue weighted by Crippen LogP contribution is -2.57. The molecule has 1 aliphatic heterocycles. The van der Waals surface area contributed by atoms with E-state index >= 15 is 0 Å². The van der Waals surface area contributed by atoms with E-state index in [1.54, 1.807) is 12.4 Å². The lowest BCUT2D eigenvalue weighted by molar-refractivity contribution is -0.134. The van der Waals surface area contributed by atoms with Gasteiger partial charge in [0.05, 0.1) is 0 Å². The molecular weight excluding hydrogens is 354 g/mol. The second kappa shape index (κ2) is 9.21. The van der Waals surface area contributed by atoms with Gasteiger partial charge in [0, 0.05) is 49.9 Å². The maximum absolute atomic E-state index is 13.0. The van der Waals surface area contributed by atoms with Crippen molar-refractivity contribution in [3.05, 3.63) is 54.9 Å². The molecule has 2 N–H and O–H groups in total. The van der Waals surface area contributed by atoms with E-state index in [0.717, 1.165) is 18.8 Å². The molecule has 0 aliphatic carbocycles. The third kappa shape index (κ3) is 5.00. The van der Waals surface area contributed by atoms with Gasteiger partial charge in [-0.1, -0.05) is 32.0 Å². The molecule has 2 heterocycles. The summed E-state index contributed by atoms with van der Waals surface area (Å²) in [5.74, 6) is -0.0418. The normalized spacial score (nSPS) is 15.2. The molecule has 1 aromatic heterocycles. The van der Waals surface area contributed by atoms with Crippen LogP contribution in [0.2, 0.25) is 0 Å². The first-order valence-electron chi connectivity index (χ1n) is 9.61. The number of anilines is 2. The van der Waals surface area contributed by atoms with Gasteiger partial charge in [0.15, 0.2) is 0 Å². The van der Waals surface area contributed by atoms with E-state index in [4.69, 9.17) is 0 Å². The van der Waals surface area contributed by atoms with E-state index in [1.165, 1.54) is 0 Å². The van der Waals surface area contributed by atoms with E-state index in [9.17, 15) is 9.59 Å². The zero-order chi connectivity index (χ0) is 19.9. The number of para-hydroxylation sites is 1. The van der Waals surface area contributed by atoms with Gasteiger partial charge in [0.2, 0.25) is 5.91 Å². The summed E-state index contributed by atoms with van der Waals surface area (Å²) in [6, 6.07) is 12.2. The fourth-order valence-corrected chi connectivity index (χ4v) is 3.28. The van der Waals surface area contributed by atoms with Crippen LogP contribution in [0.5, 0.6) is 0 Å². The van der Waals surface area contributed by atoms with Gasteiger partial charge in [-0.25, -0.2) is 4.79 Å². The molecule has 1 atom stereocenters. The molecule has 148 valence electrons. The van der Waals surface area contributed by atoms with Crippen LogP contribution in [0.4, 0.5) is 16.2 Å². The minimum atomic E-state index is -0.559. The number of piperazine rings is 1. The lowest BCUT2D eigenvalue weighted by Gasteiger charge is -2.38. The summed E-state index contributed by atoms with van der Waals surface area (Å²) in [5.41, 5.74) is 1.81. The van der Waals surface area contributed by atoms with Gasteiger partial charge in [-0.2, -0.15) is 0 Å². The Kier molecular flexibility index (Phi) is 6.47. The first-order valence-corrected chi connectivity index (χ1v) is 9.61. The second-order valence-electron chi connectivity index (χ2n) is 7.20. The summed E-state index contributed by atoms with van der Waals surface area (Å²) < 4.78 is 0. The van der Waals surface area contributed by atoms with Crippen LogP contribution in [0.3, 0.4) is 0 Å². The van der Waals surface area contributed by atoms with Crippen molar-refractivity contribution in [2.75, 3.05) is 36.4 Å². The predicted molar refractivity (Wildman–Crippen MR) is 110 cm³/mol. The number of hydrogen-bond acceptors (Lipinski definition) is 4. The molecule has 1 saturated heterocycles. The number of urea groups is 1. The van der Waals surface area contributed by atoms with Crippen molar-refractivity contribution in [3.8, 4) is 0 Å². The average Bonchev–Trinajstić information content (AvgIpc) is 2.73. The Hall–Kier alpha value is -3.09. The summed E-state index contributed by atoms with van der Waals surface area (Å²) in [6.45, 7) is 6.67. The molecular formula is C21H27N5O2. The average molecular weight is 381 g/mol. The Morgan fingerprint density at radius 3 is 2.21 bits per heavy atom. The molecule has 0 saturated carbocycles.